The third kappa shape index (κ3) is 3.27. The number of halogens is 1. The first-order valence-electron chi connectivity index (χ1n) is 8.09. The Morgan fingerprint density at radius 2 is 2.04 bits per heavy atom. The number of carbonyl (C=O) groups excluding carboxylic acids is 3. The van der Waals surface area contributed by atoms with Gasteiger partial charge in [-0.2, -0.15) is 5.26 Å². The minimum Gasteiger partial charge on any atom is -0.319 e. The number of carbonyl (C=O) groups is 3. The van der Waals surface area contributed by atoms with Gasteiger partial charge in [0.15, 0.2) is 0 Å². The average Bonchev–Trinajstić information content (AvgIpc) is 3.20. The normalized spacial score (nSPS) is 18.9. The predicted octanol–water partition coefficient (Wildman–Crippen LogP) is 2.55. The second kappa shape index (κ2) is 7.17. The lowest BCUT2D eigenvalue weighted by molar-refractivity contribution is -0.134. The van der Waals surface area contributed by atoms with Crippen molar-refractivity contribution in [3.63, 3.8) is 0 Å². The Morgan fingerprint density at radius 3 is 2.67 bits per heavy atom. The first kappa shape index (κ1) is 18.5. The van der Waals surface area contributed by atoms with Crippen molar-refractivity contribution in [1.29, 1.82) is 5.26 Å². The molecule has 9 heteroatoms. The van der Waals surface area contributed by atoms with Gasteiger partial charge in [0.05, 0.1) is 5.56 Å². The molecule has 1 fully saturated rings. The Morgan fingerprint density at radius 1 is 1.33 bits per heavy atom. The number of urea groups is 1. The minimum atomic E-state index is -1.34. The Labute approximate surface area is 158 Å². The van der Waals surface area contributed by atoms with Gasteiger partial charge in [0.2, 0.25) is 5.91 Å². The molecule has 0 bridgehead atoms. The van der Waals surface area contributed by atoms with E-state index in [-0.39, 0.29) is 6.42 Å². The third-order valence-electron chi connectivity index (χ3n) is 4.38. The van der Waals surface area contributed by atoms with Crippen LogP contribution in [0.5, 0.6) is 0 Å². The number of benzene rings is 1. The van der Waals surface area contributed by atoms with Crippen molar-refractivity contribution in [2.75, 3.05) is 11.9 Å². The lowest BCUT2D eigenvalue weighted by Crippen LogP contribution is -2.44. The van der Waals surface area contributed by atoms with E-state index < -0.39 is 35.7 Å². The van der Waals surface area contributed by atoms with Crippen molar-refractivity contribution in [3.05, 3.63) is 52.7 Å². The van der Waals surface area contributed by atoms with Gasteiger partial charge in [-0.25, -0.2) is 9.18 Å². The molecule has 0 saturated carbocycles. The van der Waals surface area contributed by atoms with Gasteiger partial charge >= 0.3 is 6.03 Å². The van der Waals surface area contributed by atoms with Crippen LogP contribution in [0.1, 0.15) is 24.5 Å². The highest BCUT2D eigenvalue weighted by molar-refractivity contribution is 7.14. The molecule has 0 radical (unpaired) electrons. The Bertz CT molecular complexity index is 950. The number of nitriles is 1. The van der Waals surface area contributed by atoms with Crippen LogP contribution in [0.25, 0.3) is 0 Å². The zero-order valence-corrected chi connectivity index (χ0v) is 15.1. The summed E-state index contributed by atoms with van der Waals surface area (Å²) in [5.74, 6) is -1.63. The van der Waals surface area contributed by atoms with Crippen LogP contribution in [0, 0.1) is 17.1 Å². The Kier molecular flexibility index (Phi) is 4.92. The van der Waals surface area contributed by atoms with Crippen LogP contribution in [0.3, 0.4) is 0 Å². The maximum atomic E-state index is 13.2. The summed E-state index contributed by atoms with van der Waals surface area (Å²) in [6.07, 6.45) is 0.241. The zero-order valence-electron chi connectivity index (χ0n) is 14.3. The van der Waals surface area contributed by atoms with E-state index in [2.05, 4.69) is 10.6 Å². The molecule has 0 aliphatic carbocycles. The van der Waals surface area contributed by atoms with Crippen molar-refractivity contribution in [3.8, 4) is 6.07 Å². The van der Waals surface area contributed by atoms with Gasteiger partial charge in [-0.1, -0.05) is 19.1 Å². The molecular weight excluding hydrogens is 371 g/mol. The molecule has 2 aromatic rings. The van der Waals surface area contributed by atoms with Gasteiger partial charge in [0, 0.05) is 0 Å². The van der Waals surface area contributed by atoms with Crippen LogP contribution in [0.15, 0.2) is 35.7 Å². The van der Waals surface area contributed by atoms with Crippen LogP contribution in [0.2, 0.25) is 0 Å². The number of anilines is 1. The van der Waals surface area contributed by atoms with Crippen molar-refractivity contribution in [1.82, 2.24) is 10.2 Å². The molecule has 1 aliphatic heterocycles. The molecule has 2 N–H and O–H groups in total. The quantitative estimate of drug-likeness (QED) is 0.771. The van der Waals surface area contributed by atoms with Crippen molar-refractivity contribution in [2.24, 2.45) is 0 Å². The molecule has 0 unspecified atom stereocenters. The van der Waals surface area contributed by atoms with Crippen LogP contribution >= 0.6 is 11.3 Å². The van der Waals surface area contributed by atoms with E-state index in [0.717, 1.165) is 4.90 Å². The molecule has 1 atom stereocenters. The molecule has 1 aromatic carbocycles. The van der Waals surface area contributed by atoms with E-state index in [9.17, 15) is 18.8 Å². The first-order chi connectivity index (χ1) is 12.9. The molecule has 7 nitrogen and oxygen atoms in total. The van der Waals surface area contributed by atoms with E-state index in [1.807, 2.05) is 6.07 Å². The number of imide groups is 1. The average molecular weight is 386 g/mol. The molecular formula is C18H15FN4O3S. The third-order valence-corrected chi connectivity index (χ3v) is 5.21. The van der Waals surface area contributed by atoms with Crippen LogP contribution in [-0.4, -0.2) is 29.3 Å². The summed E-state index contributed by atoms with van der Waals surface area (Å²) in [5, 5.41) is 16.2. The second-order valence-electron chi connectivity index (χ2n) is 5.91. The van der Waals surface area contributed by atoms with Gasteiger partial charge in [-0.15, -0.1) is 11.3 Å². The summed E-state index contributed by atoms with van der Waals surface area (Å²) in [6.45, 7) is 1.23. The highest BCUT2D eigenvalue weighted by Gasteiger charge is 2.51. The lowest BCUT2D eigenvalue weighted by Gasteiger charge is -2.25. The van der Waals surface area contributed by atoms with E-state index >= 15 is 0 Å². The number of amides is 4. The highest BCUT2D eigenvalue weighted by Crippen LogP contribution is 2.32. The highest BCUT2D eigenvalue weighted by atomic mass is 32.1. The maximum Gasteiger partial charge on any atom is 0.325 e. The largest absolute Gasteiger partial charge is 0.325 e. The fourth-order valence-electron chi connectivity index (χ4n) is 2.95. The van der Waals surface area contributed by atoms with E-state index in [0.29, 0.717) is 16.1 Å². The number of hydrogen-bond acceptors (Lipinski definition) is 5. The molecule has 0 spiro atoms. The smallest absolute Gasteiger partial charge is 0.319 e. The van der Waals surface area contributed by atoms with Crippen molar-refractivity contribution >= 4 is 34.2 Å². The second-order valence-corrected chi connectivity index (χ2v) is 6.83. The fraction of sp³-hybridized carbons (Fsp3) is 0.222. The van der Waals surface area contributed by atoms with Gasteiger partial charge in [-0.05, 0) is 35.6 Å². The number of rotatable bonds is 5. The van der Waals surface area contributed by atoms with Crippen molar-refractivity contribution in [2.45, 2.75) is 18.9 Å². The molecule has 1 aliphatic rings. The van der Waals surface area contributed by atoms with Gasteiger partial charge in [-0.3, -0.25) is 14.5 Å². The number of hydrogen-bond donors (Lipinski definition) is 2. The first-order valence-corrected chi connectivity index (χ1v) is 8.97. The Hall–Kier alpha value is -3.25. The number of thiophene rings is 1. The molecule has 138 valence electrons. The SMILES string of the molecule is CC[C@]1(c2ccc(F)cc2)NC(=O)N(CC(=O)Nc2sccc2C#N)C1=O. The van der Waals surface area contributed by atoms with Gasteiger partial charge < -0.3 is 10.6 Å². The summed E-state index contributed by atoms with van der Waals surface area (Å²) in [6, 6.07) is 8.10. The molecule has 1 aromatic heterocycles. The van der Waals surface area contributed by atoms with Crippen LogP contribution in [0.4, 0.5) is 14.2 Å². The summed E-state index contributed by atoms with van der Waals surface area (Å²) < 4.78 is 13.2. The van der Waals surface area contributed by atoms with Gasteiger partial charge in [0.25, 0.3) is 5.91 Å². The number of nitrogens with one attached hydrogen (secondary N) is 2. The van der Waals surface area contributed by atoms with Crippen molar-refractivity contribution < 1.29 is 18.8 Å². The lowest BCUT2D eigenvalue weighted by atomic mass is 9.87. The Balaban J connectivity index is 1.80. The zero-order chi connectivity index (χ0) is 19.6. The molecule has 2 heterocycles. The van der Waals surface area contributed by atoms with Gasteiger partial charge in [0.1, 0.15) is 29.0 Å². The standard InChI is InChI=1S/C18H15FN4O3S/c1-2-18(12-3-5-13(19)6-4-12)16(25)23(17(26)22-18)10-14(24)21-15-11(9-20)7-8-27-15/h3-8H,2,10H2,1H3,(H,21,24)(H,22,26)/t18-/m1/s1. The van der Waals surface area contributed by atoms with Crippen LogP contribution < -0.4 is 10.6 Å². The number of nitrogens with zero attached hydrogens (tertiary/aromatic N) is 2. The summed E-state index contributed by atoms with van der Waals surface area (Å²) in [5.41, 5.74) is -0.594. The summed E-state index contributed by atoms with van der Waals surface area (Å²) in [4.78, 5) is 38.4. The molecule has 3 rings (SSSR count). The monoisotopic (exact) mass is 386 g/mol. The molecule has 4 amide bonds. The maximum absolute atomic E-state index is 13.2. The van der Waals surface area contributed by atoms with E-state index in [1.54, 1.807) is 18.4 Å². The molecule has 27 heavy (non-hydrogen) atoms. The predicted molar refractivity (Wildman–Crippen MR) is 96.3 cm³/mol. The van der Waals surface area contributed by atoms with E-state index in [4.69, 9.17) is 5.26 Å². The summed E-state index contributed by atoms with van der Waals surface area (Å²) in [7, 11) is 0. The molecule has 1 saturated heterocycles. The summed E-state index contributed by atoms with van der Waals surface area (Å²) >= 11 is 1.17. The van der Waals surface area contributed by atoms with Crippen LogP contribution in [-0.2, 0) is 15.1 Å². The fourth-order valence-corrected chi connectivity index (χ4v) is 3.70. The van der Waals surface area contributed by atoms with E-state index in [1.165, 1.54) is 35.6 Å². The topological polar surface area (TPSA) is 102 Å². The minimum absolute atomic E-state index is 0.241.